The van der Waals surface area contributed by atoms with Gasteiger partial charge in [0, 0.05) is 0 Å². The van der Waals surface area contributed by atoms with Gasteiger partial charge in [-0.3, -0.25) is 0 Å². The third-order valence-corrected chi connectivity index (χ3v) is 2.32. The van der Waals surface area contributed by atoms with Gasteiger partial charge in [-0.1, -0.05) is 12.5 Å². The van der Waals surface area contributed by atoms with Crippen molar-refractivity contribution in [2.45, 2.75) is 19.3 Å². The van der Waals surface area contributed by atoms with E-state index in [-0.39, 0.29) is 0 Å². The van der Waals surface area contributed by atoms with Crippen molar-refractivity contribution in [2.24, 2.45) is 5.92 Å². The summed E-state index contributed by atoms with van der Waals surface area (Å²) < 4.78 is 0. The van der Waals surface area contributed by atoms with Crippen LogP contribution in [-0.4, -0.2) is 0 Å². The fourth-order valence-corrected chi connectivity index (χ4v) is 1.41. The van der Waals surface area contributed by atoms with E-state index in [1.165, 1.54) is 24.8 Å². The van der Waals surface area contributed by atoms with Gasteiger partial charge in [0.05, 0.1) is 6.54 Å². The first-order chi connectivity index (χ1) is 4.97. The number of hydrogen-bond donors (Lipinski definition) is 1. The van der Waals surface area contributed by atoms with Crippen LogP contribution in [0.25, 0.3) is 0 Å². The van der Waals surface area contributed by atoms with Crippen LogP contribution >= 0.6 is 0 Å². The number of nitrogens with one attached hydrogen (secondary N) is 1. The molecular weight excluding hydrogens is 122 g/mol. The van der Waals surface area contributed by atoms with Crippen molar-refractivity contribution in [1.82, 2.24) is 5.32 Å². The second-order valence-corrected chi connectivity index (χ2v) is 2.96. The highest BCUT2D eigenvalue weighted by Crippen LogP contribution is 2.34. The van der Waals surface area contributed by atoms with E-state index in [4.69, 9.17) is 0 Å². The molecule has 1 radical (unpaired) electrons. The van der Waals surface area contributed by atoms with Crippen LogP contribution in [0.3, 0.4) is 0 Å². The summed E-state index contributed by atoms with van der Waals surface area (Å²) >= 11 is 0. The highest BCUT2D eigenvalue weighted by atomic mass is 14.8. The molecule has 0 bridgehead atoms. The first kappa shape index (κ1) is 6.02. The summed E-state index contributed by atoms with van der Waals surface area (Å²) in [4.78, 5) is 0. The monoisotopic (exact) mass is 134 g/mol. The number of allylic oxidation sites excluding steroid dienone is 2. The van der Waals surface area contributed by atoms with Crippen molar-refractivity contribution >= 4 is 0 Å². The van der Waals surface area contributed by atoms with E-state index in [1.54, 1.807) is 0 Å². The van der Waals surface area contributed by atoms with Crippen LogP contribution in [0.1, 0.15) is 19.3 Å². The van der Waals surface area contributed by atoms with E-state index in [0.717, 1.165) is 5.92 Å². The van der Waals surface area contributed by atoms with Crippen molar-refractivity contribution in [1.29, 1.82) is 0 Å². The molecule has 2 aliphatic rings. The number of hydrogen-bond acceptors (Lipinski definition) is 1. The Morgan fingerprint density at radius 1 is 1.40 bits per heavy atom. The van der Waals surface area contributed by atoms with Crippen LogP contribution in [0, 0.1) is 12.5 Å². The molecule has 1 heteroatoms. The summed E-state index contributed by atoms with van der Waals surface area (Å²) in [7, 11) is 0. The molecule has 0 aromatic heterocycles. The lowest BCUT2D eigenvalue weighted by molar-refractivity contribution is 0.373. The predicted molar refractivity (Wildman–Crippen MR) is 42.0 cm³/mol. The smallest absolute Gasteiger partial charge is 0.0682 e. The van der Waals surface area contributed by atoms with E-state index in [0.29, 0.717) is 0 Å². The molecule has 10 heavy (non-hydrogen) atoms. The summed E-state index contributed by atoms with van der Waals surface area (Å²) in [6.07, 6.45) is 10.6. The molecular formula is C9H12N. The molecule has 0 spiro atoms. The molecule has 0 aromatic rings. The van der Waals surface area contributed by atoms with Crippen LogP contribution in [0.4, 0.5) is 0 Å². The van der Waals surface area contributed by atoms with Crippen LogP contribution in [0.15, 0.2) is 23.9 Å². The maximum absolute atomic E-state index is 3.04. The molecule has 1 aliphatic carbocycles. The maximum atomic E-state index is 3.04. The molecule has 0 unspecified atom stereocenters. The van der Waals surface area contributed by atoms with Crippen molar-refractivity contribution in [3.8, 4) is 0 Å². The van der Waals surface area contributed by atoms with E-state index >= 15 is 0 Å². The molecule has 1 saturated carbocycles. The Kier molecular flexibility index (Phi) is 1.50. The molecule has 0 atom stereocenters. The fraction of sp³-hybridized carbons (Fsp3) is 0.444. The molecule has 2 rings (SSSR count). The van der Waals surface area contributed by atoms with Crippen molar-refractivity contribution in [2.75, 3.05) is 0 Å². The van der Waals surface area contributed by atoms with Gasteiger partial charge in [0.25, 0.3) is 0 Å². The number of rotatable bonds is 1. The van der Waals surface area contributed by atoms with Crippen molar-refractivity contribution in [3.05, 3.63) is 30.5 Å². The predicted octanol–water partition coefficient (Wildman–Crippen LogP) is 1.99. The maximum Gasteiger partial charge on any atom is 0.0682 e. The minimum Gasteiger partial charge on any atom is -0.382 e. The Bertz CT molecular complexity index is 175. The third kappa shape index (κ3) is 0.962. The minimum absolute atomic E-state index is 0.870. The first-order valence-corrected chi connectivity index (χ1v) is 3.93. The van der Waals surface area contributed by atoms with Crippen LogP contribution in [0.2, 0.25) is 0 Å². The van der Waals surface area contributed by atoms with E-state index < -0.39 is 0 Å². The van der Waals surface area contributed by atoms with Gasteiger partial charge in [-0.15, -0.1) is 0 Å². The van der Waals surface area contributed by atoms with Gasteiger partial charge >= 0.3 is 0 Å². The van der Waals surface area contributed by atoms with E-state index in [2.05, 4.69) is 17.5 Å². The lowest BCUT2D eigenvalue weighted by atomic mass is 9.79. The lowest BCUT2D eigenvalue weighted by Crippen LogP contribution is -2.15. The quantitative estimate of drug-likeness (QED) is 0.578. The molecule has 53 valence electrons. The number of dihydropyridines is 1. The van der Waals surface area contributed by atoms with Crippen LogP contribution in [0.5, 0.6) is 0 Å². The highest BCUT2D eigenvalue weighted by molar-refractivity contribution is 5.28. The van der Waals surface area contributed by atoms with Gasteiger partial charge in [-0.05, 0) is 36.6 Å². The molecule has 0 saturated heterocycles. The average Bonchev–Trinajstić information content (AvgIpc) is 1.86. The average molecular weight is 134 g/mol. The fourth-order valence-electron chi connectivity index (χ4n) is 1.41. The molecule has 1 aliphatic heterocycles. The Labute approximate surface area is 61.8 Å². The molecule has 0 aromatic carbocycles. The summed E-state index contributed by atoms with van der Waals surface area (Å²) in [5.74, 6) is 0.870. The second kappa shape index (κ2) is 2.49. The van der Waals surface area contributed by atoms with Crippen LogP contribution in [-0.2, 0) is 0 Å². The van der Waals surface area contributed by atoms with Gasteiger partial charge in [0.15, 0.2) is 0 Å². The van der Waals surface area contributed by atoms with Crippen LogP contribution < -0.4 is 5.32 Å². The van der Waals surface area contributed by atoms with Crippen molar-refractivity contribution < 1.29 is 0 Å². The Hall–Kier alpha value is -0.720. The summed E-state index contributed by atoms with van der Waals surface area (Å²) in [5.41, 5.74) is 1.50. The standard InChI is InChI=1S/C9H12N/c1-2-8(3-1)9-4-6-10-7-5-9/h4-8,10H,1-3H2. The normalized spacial score (nSPS) is 25.0. The van der Waals surface area contributed by atoms with Crippen molar-refractivity contribution in [3.63, 3.8) is 0 Å². The zero-order chi connectivity index (χ0) is 6.81. The lowest BCUT2D eigenvalue weighted by Gasteiger charge is -2.27. The SMILES string of the molecule is [CH]1C=C(C2CCC2)C=CN1. The van der Waals surface area contributed by atoms with Gasteiger partial charge in [0.2, 0.25) is 0 Å². The largest absolute Gasteiger partial charge is 0.382 e. The van der Waals surface area contributed by atoms with Gasteiger partial charge < -0.3 is 5.32 Å². The second-order valence-electron chi connectivity index (χ2n) is 2.96. The molecule has 1 nitrogen and oxygen atoms in total. The Morgan fingerprint density at radius 2 is 2.30 bits per heavy atom. The topological polar surface area (TPSA) is 12.0 Å². The zero-order valence-electron chi connectivity index (χ0n) is 6.01. The Balaban J connectivity index is 2.01. The Morgan fingerprint density at radius 3 is 2.80 bits per heavy atom. The summed E-state index contributed by atoms with van der Waals surface area (Å²) in [6.45, 7) is 2.01. The molecule has 1 heterocycles. The molecule has 1 fully saturated rings. The minimum atomic E-state index is 0.870. The molecule has 0 amide bonds. The van der Waals surface area contributed by atoms with E-state index in [9.17, 15) is 0 Å². The summed E-state index contributed by atoms with van der Waals surface area (Å²) in [5, 5.41) is 3.04. The highest BCUT2D eigenvalue weighted by Gasteiger charge is 2.20. The zero-order valence-corrected chi connectivity index (χ0v) is 6.01. The van der Waals surface area contributed by atoms with Gasteiger partial charge in [0.1, 0.15) is 0 Å². The molecule has 1 N–H and O–H groups in total. The first-order valence-electron chi connectivity index (χ1n) is 3.93. The summed E-state index contributed by atoms with van der Waals surface area (Å²) in [6, 6.07) is 0. The van der Waals surface area contributed by atoms with E-state index in [1.807, 2.05) is 12.7 Å². The van der Waals surface area contributed by atoms with Gasteiger partial charge in [-0.25, -0.2) is 0 Å². The third-order valence-electron chi connectivity index (χ3n) is 2.32. The van der Waals surface area contributed by atoms with Gasteiger partial charge in [-0.2, -0.15) is 0 Å².